The normalized spacial score (nSPS) is 24.0. The van der Waals surface area contributed by atoms with Crippen molar-refractivity contribution in [3.8, 4) is 0 Å². The zero-order valence-electron chi connectivity index (χ0n) is 18.4. The fourth-order valence-electron chi connectivity index (χ4n) is 4.70. The lowest BCUT2D eigenvalue weighted by Crippen LogP contribution is -2.62. The SMILES string of the molecule is CN1C(=O)C2C(=NC3=[N+]2CC(c2ccc(Cl)cc2)=NN3CCN2CCCCC2)N(C)C1=O. The van der Waals surface area contributed by atoms with Crippen LogP contribution in [0.5, 0.6) is 0 Å². The minimum atomic E-state index is -0.631. The van der Waals surface area contributed by atoms with E-state index in [-0.39, 0.29) is 11.9 Å². The number of hydrogen-bond donors (Lipinski definition) is 0. The molecule has 32 heavy (non-hydrogen) atoms. The largest absolute Gasteiger partial charge is 0.416 e. The van der Waals surface area contributed by atoms with Crippen LogP contribution in [0.4, 0.5) is 4.79 Å². The highest BCUT2D eigenvalue weighted by atomic mass is 35.5. The van der Waals surface area contributed by atoms with E-state index in [1.807, 2.05) is 33.8 Å². The number of amides is 3. The van der Waals surface area contributed by atoms with Gasteiger partial charge in [-0.1, -0.05) is 35.1 Å². The van der Waals surface area contributed by atoms with Crippen LogP contribution in [0.2, 0.25) is 5.02 Å². The van der Waals surface area contributed by atoms with Gasteiger partial charge in [0.25, 0.3) is 5.91 Å². The van der Waals surface area contributed by atoms with Gasteiger partial charge in [0, 0.05) is 31.2 Å². The molecule has 0 aromatic heterocycles. The second-order valence-electron chi connectivity index (χ2n) is 8.62. The molecule has 9 nitrogen and oxygen atoms in total. The maximum absolute atomic E-state index is 13.1. The van der Waals surface area contributed by atoms with Gasteiger partial charge in [0.1, 0.15) is 18.8 Å². The lowest BCUT2D eigenvalue weighted by Gasteiger charge is -2.32. The summed E-state index contributed by atoms with van der Waals surface area (Å²) in [4.78, 5) is 35.4. The number of urea groups is 1. The van der Waals surface area contributed by atoms with Gasteiger partial charge in [0.15, 0.2) is 0 Å². The zero-order chi connectivity index (χ0) is 22.4. The quantitative estimate of drug-likeness (QED) is 0.644. The molecule has 1 aromatic rings. The fourth-order valence-corrected chi connectivity index (χ4v) is 4.82. The molecule has 4 heterocycles. The van der Waals surface area contributed by atoms with E-state index < -0.39 is 6.04 Å². The first-order chi connectivity index (χ1) is 15.4. The number of amidine groups is 1. The average molecular weight is 457 g/mol. The third-order valence-electron chi connectivity index (χ3n) is 6.56. The molecular weight excluding hydrogens is 430 g/mol. The first-order valence-corrected chi connectivity index (χ1v) is 11.4. The smallest absolute Gasteiger partial charge is 0.300 e. The van der Waals surface area contributed by atoms with Crippen LogP contribution < -0.4 is 0 Å². The Balaban J connectivity index is 1.48. The Morgan fingerprint density at radius 1 is 1.03 bits per heavy atom. The summed E-state index contributed by atoms with van der Waals surface area (Å²) < 4.78 is 1.96. The number of guanidine groups is 1. The number of hydrazone groups is 1. The molecule has 4 aliphatic heterocycles. The molecule has 168 valence electrons. The van der Waals surface area contributed by atoms with Crippen molar-refractivity contribution in [1.82, 2.24) is 19.7 Å². The molecule has 1 unspecified atom stereocenters. The van der Waals surface area contributed by atoms with E-state index in [1.54, 1.807) is 7.05 Å². The number of rotatable bonds is 4. The number of hydrogen-bond acceptors (Lipinski definition) is 6. The van der Waals surface area contributed by atoms with Crippen LogP contribution in [0.15, 0.2) is 34.4 Å². The third kappa shape index (κ3) is 3.59. The molecule has 0 N–H and O–H groups in total. The van der Waals surface area contributed by atoms with Gasteiger partial charge >= 0.3 is 12.0 Å². The molecule has 0 bridgehead atoms. The second-order valence-corrected chi connectivity index (χ2v) is 9.05. The van der Waals surface area contributed by atoms with Gasteiger partial charge in [-0.15, -0.1) is 10.1 Å². The Morgan fingerprint density at radius 2 is 1.75 bits per heavy atom. The number of benzene rings is 1. The molecule has 0 saturated carbocycles. The highest BCUT2D eigenvalue weighted by molar-refractivity contribution is 6.30. The van der Waals surface area contributed by atoms with Crippen LogP contribution in [0.3, 0.4) is 0 Å². The number of likely N-dealkylation sites (tertiary alicyclic amines) is 1. The Kier molecular flexibility index (Phi) is 5.46. The maximum Gasteiger partial charge on any atom is 0.416 e. The van der Waals surface area contributed by atoms with Crippen LogP contribution in [-0.4, -0.2) is 107 Å². The Labute approximate surface area is 192 Å². The first-order valence-electron chi connectivity index (χ1n) is 11.0. The number of fused-ring (bicyclic) bond motifs is 2. The van der Waals surface area contributed by atoms with Crippen molar-refractivity contribution in [1.29, 1.82) is 0 Å². The molecule has 2 fully saturated rings. The number of aliphatic imine (C=N–C) groups is 1. The van der Waals surface area contributed by atoms with Crippen molar-refractivity contribution in [2.45, 2.75) is 25.3 Å². The molecule has 1 aromatic carbocycles. The molecule has 0 aliphatic carbocycles. The molecular formula is C22H27ClN7O2+. The van der Waals surface area contributed by atoms with Crippen molar-refractivity contribution in [2.24, 2.45) is 10.1 Å². The first kappa shape index (κ1) is 21.1. The summed E-state index contributed by atoms with van der Waals surface area (Å²) in [6.07, 6.45) is 3.73. The topological polar surface area (TPSA) is 74.8 Å². The van der Waals surface area contributed by atoms with Crippen molar-refractivity contribution < 1.29 is 14.2 Å². The minimum absolute atomic E-state index is 0.268. The third-order valence-corrected chi connectivity index (χ3v) is 6.81. The molecule has 0 spiro atoms. The molecule has 5 rings (SSSR count). The lowest BCUT2D eigenvalue weighted by molar-refractivity contribution is -0.527. The summed E-state index contributed by atoms with van der Waals surface area (Å²) >= 11 is 6.08. The number of nitrogens with zero attached hydrogens (tertiary/aromatic N) is 7. The van der Waals surface area contributed by atoms with Crippen LogP contribution in [0, 0.1) is 0 Å². The van der Waals surface area contributed by atoms with E-state index >= 15 is 0 Å². The Morgan fingerprint density at radius 3 is 2.47 bits per heavy atom. The van der Waals surface area contributed by atoms with E-state index in [9.17, 15) is 9.59 Å². The number of carbonyl (C=O) groups excluding carboxylic acids is 2. The maximum atomic E-state index is 13.1. The summed E-state index contributed by atoms with van der Waals surface area (Å²) in [5.74, 6) is 0.821. The number of piperidine rings is 1. The van der Waals surface area contributed by atoms with Crippen molar-refractivity contribution in [3.63, 3.8) is 0 Å². The second kappa shape index (κ2) is 8.29. The van der Waals surface area contributed by atoms with Crippen molar-refractivity contribution in [3.05, 3.63) is 34.9 Å². The van der Waals surface area contributed by atoms with Crippen molar-refractivity contribution >= 4 is 41.0 Å². The number of carbonyl (C=O) groups is 2. The molecule has 10 heteroatoms. The monoisotopic (exact) mass is 456 g/mol. The predicted octanol–water partition coefficient (Wildman–Crippen LogP) is 1.52. The molecule has 2 saturated heterocycles. The highest BCUT2D eigenvalue weighted by Crippen LogP contribution is 2.24. The summed E-state index contributed by atoms with van der Waals surface area (Å²) in [5.41, 5.74) is 1.79. The van der Waals surface area contributed by atoms with Gasteiger partial charge in [0.05, 0.1) is 0 Å². The van der Waals surface area contributed by atoms with Crippen LogP contribution in [-0.2, 0) is 4.79 Å². The van der Waals surface area contributed by atoms with Crippen molar-refractivity contribution in [2.75, 3.05) is 46.8 Å². The van der Waals surface area contributed by atoms with E-state index in [0.29, 0.717) is 29.9 Å². The number of imide groups is 1. The standard InChI is InChI=1S/C22H27ClN7O2/c1-26-19-18(20(31)27(2)22(26)32)29-14-17(15-6-8-16(23)9-7-15)25-30(21(29)24-19)13-12-28-10-4-3-5-11-28/h6-9,18H,3-5,10-14H2,1-2H3/q+1. The summed E-state index contributed by atoms with van der Waals surface area (Å²) in [7, 11) is 3.18. The van der Waals surface area contributed by atoms with E-state index in [1.165, 1.54) is 36.1 Å². The van der Waals surface area contributed by atoms with Gasteiger partial charge in [-0.3, -0.25) is 14.6 Å². The van der Waals surface area contributed by atoms with Crippen LogP contribution in [0.25, 0.3) is 0 Å². The van der Waals surface area contributed by atoms with E-state index in [2.05, 4.69) is 4.90 Å². The molecule has 1 atom stereocenters. The summed E-state index contributed by atoms with van der Waals surface area (Å²) in [6, 6.07) is 6.56. The Hall–Kier alpha value is -2.78. The summed E-state index contributed by atoms with van der Waals surface area (Å²) in [5, 5.41) is 7.47. The predicted molar refractivity (Wildman–Crippen MR) is 122 cm³/mol. The van der Waals surface area contributed by atoms with Gasteiger partial charge in [-0.25, -0.2) is 9.37 Å². The molecule has 0 radical (unpaired) electrons. The van der Waals surface area contributed by atoms with Gasteiger partial charge < -0.3 is 4.90 Å². The van der Waals surface area contributed by atoms with Crippen LogP contribution >= 0.6 is 11.6 Å². The average Bonchev–Trinajstić information content (AvgIpc) is 3.21. The van der Waals surface area contributed by atoms with E-state index in [4.69, 9.17) is 21.7 Å². The molecule has 4 aliphatic rings. The fraction of sp³-hybridized carbons (Fsp3) is 0.500. The Bertz CT molecular complexity index is 1040. The van der Waals surface area contributed by atoms with Crippen LogP contribution in [0.1, 0.15) is 24.8 Å². The highest BCUT2D eigenvalue weighted by Gasteiger charge is 2.54. The van der Waals surface area contributed by atoms with Gasteiger partial charge in [-0.05, 0) is 38.1 Å². The number of likely N-dealkylation sites (N-methyl/N-ethyl adjacent to an activating group) is 2. The molecule has 3 amide bonds. The summed E-state index contributed by atoms with van der Waals surface area (Å²) in [6.45, 7) is 4.15. The zero-order valence-corrected chi connectivity index (χ0v) is 19.1. The lowest BCUT2D eigenvalue weighted by atomic mass is 10.1. The van der Waals surface area contributed by atoms with Gasteiger partial charge in [-0.2, -0.15) is 0 Å². The number of halogens is 1. The van der Waals surface area contributed by atoms with Gasteiger partial charge in [0.2, 0.25) is 11.9 Å². The minimum Gasteiger partial charge on any atom is -0.300 e. The van der Waals surface area contributed by atoms with E-state index in [0.717, 1.165) is 30.9 Å².